The standard InChI is InChI=1S/C14H16O2/c1-16-13-9-7-12(8-10-13)14(15)11-5-3-2-4-6-11/h2-3,7-11H,4-6H2,1H3. The van der Waals surface area contributed by atoms with Crippen LogP contribution in [0, 0.1) is 5.92 Å². The minimum atomic E-state index is 0.165. The lowest BCUT2D eigenvalue weighted by molar-refractivity contribution is 0.0912. The van der Waals surface area contributed by atoms with Crippen LogP contribution in [0.5, 0.6) is 5.75 Å². The monoisotopic (exact) mass is 216 g/mol. The number of hydrogen-bond donors (Lipinski definition) is 0. The summed E-state index contributed by atoms with van der Waals surface area (Å²) in [6.07, 6.45) is 7.13. The molecule has 0 aromatic heterocycles. The molecule has 0 bridgehead atoms. The van der Waals surface area contributed by atoms with Gasteiger partial charge in [0, 0.05) is 11.5 Å². The molecule has 1 aromatic carbocycles. The molecule has 2 nitrogen and oxygen atoms in total. The van der Waals surface area contributed by atoms with E-state index < -0.39 is 0 Å². The summed E-state index contributed by atoms with van der Waals surface area (Å²) in [4.78, 5) is 12.1. The Kier molecular flexibility index (Phi) is 3.40. The van der Waals surface area contributed by atoms with E-state index in [1.165, 1.54) is 0 Å². The molecule has 0 aliphatic heterocycles. The number of Topliss-reactive ketones (excluding diaryl/α,β-unsaturated/α-hetero) is 1. The van der Waals surface area contributed by atoms with E-state index in [-0.39, 0.29) is 11.7 Å². The summed E-state index contributed by atoms with van der Waals surface area (Å²) in [6, 6.07) is 7.37. The number of ether oxygens (including phenoxy) is 1. The van der Waals surface area contributed by atoms with Gasteiger partial charge in [0.2, 0.25) is 0 Å². The third kappa shape index (κ3) is 2.32. The highest BCUT2D eigenvalue weighted by molar-refractivity contribution is 5.98. The van der Waals surface area contributed by atoms with E-state index in [0.29, 0.717) is 0 Å². The quantitative estimate of drug-likeness (QED) is 0.572. The third-order valence-electron chi connectivity index (χ3n) is 3.01. The van der Waals surface area contributed by atoms with Crippen molar-refractivity contribution in [2.45, 2.75) is 19.3 Å². The first-order chi connectivity index (χ1) is 7.81. The number of methoxy groups -OCH3 is 1. The molecule has 0 fully saturated rings. The number of benzene rings is 1. The van der Waals surface area contributed by atoms with Gasteiger partial charge in [0.25, 0.3) is 0 Å². The van der Waals surface area contributed by atoms with Crippen molar-refractivity contribution in [2.75, 3.05) is 7.11 Å². The van der Waals surface area contributed by atoms with Crippen molar-refractivity contribution in [3.63, 3.8) is 0 Å². The van der Waals surface area contributed by atoms with E-state index >= 15 is 0 Å². The van der Waals surface area contributed by atoms with Gasteiger partial charge in [-0.3, -0.25) is 4.79 Å². The Morgan fingerprint density at radius 2 is 2.00 bits per heavy atom. The summed E-state index contributed by atoms with van der Waals surface area (Å²) in [5, 5.41) is 0. The van der Waals surface area contributed by atoms with Gasteiger partial charge < -0.3 is 4.74 Å². The van der Waals surface area contributed by atoms with Crippen LogP contribution in [-0.2, 0) is 0 Å². The lowest BCUT2D eigenvalue weighted by atomic mass is 9.87. The van der Waals surface area contributed by atoms with Gasteiger partial charge in [-0.25, -0.2) is 0 Å². The zero-order chi connectivity index (χ0) is 11.4. The molecule has 0 N–H and O–H groups in total. The molecule has 0 radical (unpaired) electrons. The largest absolute Gasteiger partial charge is 0.497 e. The average molecular weight is 216 g/mol. The fourth-order valence-corrected chi connectivity index (χ4v) is 2.02. The van der Waals surface area contributed by atoms with Crippen molar-refractivity contribution in [2.24, 2.45) is 5.92 Å². The van der Waals surface area contributed by atoms with Crippen molar-refractivity contribution in [1.29, 1.82) is 0 Å². The summed E-state index contributed by atoms with van der Waals surface area (Å²) >= 11 is 0. The van der Waals surface area contributed by atoms with Crippen LogP contribution in [0.1, 0.15) is 29.6 Å². The molecule has 84 valence electrons. The van der Waals surface area contributed by atoms with E-state index in [2.05, 4.69) is 12.2 Å². The van der Waals surface area contributed by atoms with Crippen LogP contribution < -0.4 is 4.74 Å². The summed E-state index contributed by atoms with van der Waals surface area (Å²) in [5.41, 5.74) is 0.793. The predicted octanol–water partition coefficient (Wildman–Crippen LogP) is 3.23. The highest BCUT2D eigenvalue weighted by Crippen LogP contribution is 2.23. The number of rotatable bonds is 3. The van der Waals surface area contributed by atoms with Crippen molar-refractivity contribution >= 4 is 5.78 Å². The number of carbonyl (C=O) groups excluding carboxylic acids is 1. The fraction of sp³-hybridized carbons (Fsp3) is 0.357. The Morgan fingerprint density at radius 1 is 1.25 bits per heavy atom. The highest BCUT2D eigenvalue weighted by atomic mass is 16.5. The SMILES string of the molecule is COc1ccc(C(=O)C2CC=CCC2)cc1. The molecule has 2 rings (SSSR count). The molecule has 0 saturated heterocycles. The average Bonchev–Trinajstić information content (AvgIpc) is 2.39. The molecule has 2 heteroatoms. The van der Waals surface area contributed by atoms with Crippen LogP contribution in [0.25, 0.3) is 0 Å². The van der Waals surface area contributed by atoms with E-state index in [0.717, 1.165) is 30.6 Å². The molecule has 0 saturated carbocycles. The number of allylic oxidation sites excluding steroid dienone is 2. The second-order valence-corrected chi connectivity index (χ2v) is 4.07. The molecule has 0 heterocycles. The lowest BCUT2D eigenvalue weighted by Crippen LogP contribution is -2.15. The van der Waals surface area contributed by atoms with Crippen LogP contribution in [-0.4, -0.2) is 12.9 Å². The smallest absolute Gasteiger partial charge is 0.166 e. The van der Waals surface area contributed by atoms with E-state index in [1.807, 2.05) is 24.3 Å². The van der Waals surface area contributed by atoms with Gasteiger partial charge in [-0.05, 0) is 43.5 Å². The van der Waals surface area contributed by atoms with Gasteiger partial charge in [0.1, 0.15) is 5.75 Å². The first-order valence-electron chi connectivity index (χ1n) is 5.64. The zero-order valence-corrected chi connectivity index (χ0v) is 9.48. The van der Waals surface area contributed by atoms with E-state index in [1.54, 1.807) is 7.11 Å². The summed E-state index contributed by atoms with van der Waals surface area (Å²) in [5.74, 6) is 1.21. The van der Waals surface area contributed by atoms with Gasteiger partial charge in [-0.1, -0.05) is 12.2 Å². The fourth-order valence-electron chi connectivity index (χ4n) is 2.02. The number of ketones is 1. The maximum absolute atomic E-state index is 12.1. The Balaban J connectivity index is 2.10. The molecule has 16 heavy (non-hydrogen) atoms. The van der Waals surface area contributed by atoms with Gasteiger partial charge >= 0.3 is 0 Å². The molecule has 1 atom stereocenters. The van der Waals surface area contributed by atoms with Gasteiger partial charge in [-0.15, -0.1) is 0 Å². The van der Waals surface area contributed by atoms with Crippen LogP contribution in [0.2, 0.25) is 0 Å². The maximum atomic E-state index is 12.1. The van der Waals surface area contributed by atoms with Crippen LogP contribution in [0.4, 0.5) is 0 Å². The van der Waals surface area contributed by atoms with Crippen molar-refractivity contribution in [1.82, 2.24) is 0 Å². The van der Waals surface area contributed by atoms with Crippen molar-refractivity contribution in [3.8, 4) is 5.75 Å². The Morgan fingerprint density at radius 3 is 2.56 bits per heavy atom. The number of carbonyl (C=O) groups is 1. The van der Waals surface area contributed by atoms with Gasteiger partial charge in [0.05, 0.1) is 7.11 Å². The summed E-state index contributed by atoms with van der Waals surface area (Å²) in [6.45, 7) is 0. The number of hydrogen-bond acceptors (Lipinski definition) is 2. The minimum Gasteiger partial charge on any atom is -0.497 e. The van der Waals surface area contributed by atoms with E-state index in [9.17, 15) is 4.79 Å². The maximum Gasteiger partial charge on any atom is 0.166 e. The van der Waals surface area contributed by atoms with Crippen molar-refractivity contribution < 1.29 is 9.53 Å². The second kappa shape index (κ2) is 4.97. The second-order valence-electron chi connectivity index (χ2n) is 4.07. The third-order valence-corrected chi connectivity index (χ3v) is 3.01. The summed E-state index contributed by atoms with van der Waals surface area (Å²) < 4.78 is 5.07. The molecule has 1 aliphatic rings. The molecule has 1 aromatic rings. The molecule has 0 amide bonds. The Bertz CT molecular complexity index is 390. The summed E-state index contributed by atoms with van der Waals surface area (Å²) in [7, 11) is 1.63. The Labute approximate surface area is 95.9 Å². The lowest BCUT2D eigenvalue weighted by Gasteiger charge is -2.16. The molecule has 1 aliphatic carbocycles. The van der Waals surface area contributed by atoms with Gasteiger partial charge in [-0.2, -0.15) is 0 Å². The first kappa shape index (κ1) is 10.9. The molecule has 1 unspecified atom stereocenters. The zero-order valence-electron chi connectivity index (χ0n) is 9.48. The predicted molar refractivity (Wildman–Crippen MR) is 63.8 cm³/mol. The Hall–Kier alpha value is -1.57. The molecule has 0 spiro atoms. The normalized spacial score (nSPS) is 19.4. The van der Waals surface area contributed by atoms with Crippen LogP contribution in [0.15, 0.2) is 36.4 Å². The molecular weight excluding hydrogens is 200 g/mol. The minimum absolute atomic E-state index is 0.165. The first-order valence-corrected chi connectivity index (χ1v) is 5.64. The van der Waals surface area contributed by atoms with Gasteiger partial charge in [0.15, 0.2) is 5.78 Å². The highest BCUT2D eigenvalue weighted by Gasteiger charge is 2.19. The topological polar surface area (TPSA) is 26.3 Å². The van der Waals surface area contributed by atoms with Crippen LogP contribution in [0.3, 0.4) is 0 Å². The van der Waals surface area contributed by atoms with Crippen molar-refractivity contribution in [3.05, 3.63) is 42.0 Å². The van der Waals surface area contributed by atoms with E-state index in [4.69, 9.17) is 4.74 Å². The van der Waals surface area contributed by atoms with Crippen LogP contribution >= 0.6 is 0 Å². The molecular formula is C14H16O2.